The summed E-state index contributed by atoms with van der Waals surface area (Å²) in [5.41, 5.74) is 1.76. The summed E-state index contributed by atoms with van der Waals surface area (Å²) in [6, 6.07) is 11.1. The second kappa shape index (κ2) is 8.45. The molecular formula is C19H24N2O3. The van der Waals surface area contributed by atoms with Gasteiger partial charge in [0, 0.05) is 24.9 Å². The average Bonchev–Trinajstić information content (AvgIpc) is 3.07. The summed E-state index contributed by atoms with van der Waals surface area (Å²) in [4.78, 5) is 26.1. The van der Waals surface area contributed by atoms with Crippen LogP contribution in [0, 0.1) is 6.92 Å². The average molecular weight is 328 g/mol. The molecule has 0 aliphatic heterocycles. The van der Waals surface area contributed by atoms with E-state index >= 15 is 0 Å². The van der Waals surface area contributed by atoms with Crippen LogP contribution in [0.2, 0.25) is 0 Å². The van der Waals surface area contributed by atoms with Gasteiger partial charge in [0.15, 0.2) is 5.78 Å². The third-order valence-electron chi connectivity index (χ3n) is 3.94. The van der Waals surface area contributed by atoms with Gasteiger partial charge >= 0.3 is 0 Å². The van der Waals surface area contributed by atoms with Gasteiger partial charge in [-0.05, 0) is 33.2 Å². The van der Waals surface area contributed by atoms with Crippen molar-refractivity contribution < 1.29 is 14.0 Å². The first kappa shape index (κ1) is 17.9. The number of Topliss-reactive ketones (excluding diaryl/α,β-unsaturated/α-hetero) is 1. The summed E-state index contributed by atoms with van der Waals surface area (Å²) < 4.78 is 5.41. The fraction of sp³-hybridized carbons (Fsp3) is 0.368. The molecule has 0 radical (unpaired) electrons. The van der Waals surface area contributed by atoms with Crippen molar-refractivity contribution in [3.63, 3.8) is 0 Å². The van der Waals surface area contributed by atoms with E-state index in [1.54, 1.807) is 18.4 Å². The van der Waals surface area contributed by atoms with Gasteiger partial charge in [0.2, 0.25) is 5.91 Å². The smallest absolute Gasteiger partial charge is 0.220 e. The quantitative estimate of drug-likeness (QED) is 0.757. The van der Waals surface area contributed by atoms with Gasteiger partial charge in [-0.25, -0.2) is 0 Å². The number of ketones is 1. The Morgan fingerprint density at radius 1 is 1.12 bits per heavy atom. The van der Waals surface area contributed by atoms with E-state index in [4.69, 9.17) is 4.42 Å². The van der Waals surface area contributed by atoms with Crippen LogP contribution in [0.25, 0.3) is 0 Å². The Hall–Kier alpha value is -2.40. The number of nitrogens with one attached hydrogen (secondary N) is 1. The molecule has 1 N–H and O–H groups in total. The molecule has 1 aromatic heterocycles. The normalized spacial score (nSPS) is 12.2. The van der Waals surface area contributed by atoms with Crippen LogP contribution in [-0.4, -0.2) is 37.2 Å². The minimum absolute atomic E-state index is 0.0136. The molecule has 2 aromatic rings. The van der Waals surface area contributed by atoms with Crippen LogP contribution in [0.1, 0.15) is 40.6 Å². The third kappa shape index (κ3) is 5.06. The molecule has 5 nitrogen and oxygen atoms in total. The molecule has 1 aromatic carbocycles. The first-order valence-corrected chi connectivity index (χ1v) is 8.03. The van der Waals surface area contributed by atoms with Crippen molar-refractivity contribution in [2.75, 3.05) is 20.6 Å². The summed E-state index contributed by atoms with van der Waals surface area (Å²) in [7, 11) is 3.86. The molecule has 5 heteroatoms. The van der Waals surface area contributed by atoms with E-state index in [1.165, 1.54) is 0 Å². The summed E-state index contributed by atoms with van der Waals surface area (Å²) in [5.74, 6) is 0.658. The van der Waals surface area contributed by atoms with Crippen LogP contribution in [0.3, 0.4) is 0 Å². The van der Waals surface area contributed by atoms with Crippen LogP contribution in [0.4, 0.5) is 0 Å². The zero-order valence-corrected chi connectivity index (χ0v) is 14.4. The Balaban J connectivity index is 1.80. The highest BCUT2D eigenvalue weighted by molar-refractivity contribution is 5.97. The lowest BCUT2D eigenvalue weighted by atomic mass is 10.0. The number of carbonyl (C=O) groups is 2. The van der Waals surface area contributed by atoms with Gasteiger partial charge in [0.05, 0.1) is 12.3 Å². The molecule has 0 saturated carbocycles. The van der Waals surface area contributed by atoms with Gasteiger partial charge in [-0.3, -0.25) is 14.5 Å². The SMILES string of the molecule is Cc1ccc(C(=O)CCC(=O)NCC(c2ccco2)N(C)C)cc1. The first-order chi connectivity index (χ1) is 11.5. The highest BCUT2D eigenvalue weighted by Crippen LogP contribution is 2.17. The zero-order valence-electron chi connectivity index (χ0n) is 14.4. The maximum atomic E-state index is 12.1. The van der Waals surface area contributed by atoms with Gasteiger partial charge in [-0.2, -0.15) is 0 Å². The molecule has 1 heterocycles. The molecular weight excluding hydrogens is 304 g/mol. The highest BCUT2D eigenvalue weighted by Gasteiger charge is 2.18. The maximum absolute atomic E-state index is 12.1. The van der Waals surface area contributed by atoms with Crippen LogP contribution in [-0.2, 0) is 4.79 Å². The van der Waals surface area contributed by atoms with Crippen molar-refractivity contribution in [3.05, 3.63) is 59.5 Å². The second-order valence-electron chi connectivity index (χ2n) is 6.09. The van der Waals surface area contributed by atoms with E-state index < -0.39 is 0 Å². The van der Waals surface area contributed by atoms with Crippen molar-refractivity contribution in [2.45, 2.75) is 25.8 Å². The Bertz CT molecular complexity index is 660. The van der Waals surface area contributed by atoms with E-state index in [0.29, 0.717) is 12.1 Å². The molecule has 1 amide bonds. The maximum Gasteiger partial charge on any atom is 0.220 e. The molecule has 1 unspecified atom stereocenters. The van der Waals surface area contributed by atoms with Gasteiger partial charge in [-0.1, -0.05) is 29.8 Å². The van der Waals surface area contributed by atoms with Gasteiger partial charge in [0.1, 0.15) is 5.76 Å². The number of hydrogen-bond acceptors (Lipinski definition) is 4. The molecule has 128 valence electrons. The number of carbonyl (C=O) groups excluding carboxylic acids is 2. The lowest BCUT2D eigenvalue weighted by Gasteiger charge is -2.22. The summed E-state index contributed by atoms with van der Waals surface area (Å²) in [5, 5.41) is 2.88. The van der Waals surface area contributed by atoms with Crippen molar-refractivity contribution in [1.82, 2.24) is 10.2 Å². The molecule has 0 aliphatic carbocycles. The highest BCUT2D eigenvalue weighted by atomic mass is 16.3. The summed E-state index contributed by atoms with van der Waals surface area (Å²) in [6.07, 6.45) is 2.02. The predicted octanol–water partition coefficient (Wildman–Crippen LogP) is 2.97. The Morgan fingerprint density at radius 2 is 1.83 bits per heavy atom. The molecule has 0 spiro atoms. The monoisotopic (exact) mass is 328 g/mol. The Labute approximate surface area is 142 Å². The summed E-state index contributed by atoms with van der Waals surface area (Å²) in [6.45, 7) is 2.42. The van der Waals surface area contributed by atoms with Crippen LogP contribution in [0.15, 0.2) is 47.1 Å². The van der Waals surface area contributed by atoms with E-state index in [-0.39, 0.29) is 30.6 Å². The van der Waals surface area contributed by atoms with Crippen LogP contribution >= 0.6 is 0 Å². The van der Waals surface area contributed by atoms with Crippen LogP contribution < -0.4 is 5.32 Å². The van der Waals surface area contributed by atoms with Gasteiger partial charge in [0.25, 0.3) is 0 Å². The van der Waals surface area contributed by atoms with Crippen molar-refractivity contribution >= 4 is 11.7 Å². The van der Waals surface area contributed by atoms with Crippen molar-refractivity contribution in [1.29, 1.82) is 0 Å². The second-order valence-corrected chi connectivity index (χ2v) is 6.09. The number of likely N-dealkylation sites (N-methyl/N-ethyl adjacent to an activating group) is 1. The van der Waals surface area contributed by atoms with Crippen molar-refractivity contribution in [2.24, 2.45) is 0 Å². The van der Waals surface area contributed by atoms with Gasteiger partial charge in [-0.15, -0.1) is 0 Å². The molecule has 1 atom stereocenters. The number of benzene rings is 1. The standard InChI is InChI=1S/C19H24N2O3/c1-14-6-8-15(9-7-14)17(22)10-11-19(23)20-13-16(21(2)3)18-5-4-12-24-18/h4-9,12,16H,10-11,13H2,1-3H3,(H,20,23). The van der Waals surface area contributed by atoms with Crippen molar-refractivity contribution in [3.8, 4) is 0 Å². The molecule has 24 heavy (non-hydrogen) atoms. The lowest BCUT2D eigenvalue weighted by Crippen LogP contribution is -2.34. The fourth-order valence-corrected chi connectivity index (χ4v) is 2.43. The van der Waals surface area contributed by atoms with E-state index in [0.717, 1.165) is 11.3 Å². The third-order valence-corrected chi connectivity index (χ3v) is 3.94. The molecule has 0 aliphatic rings. The minimum Gasteiger partial charge on any atom is -0.468 e. The fourth-order valence-electron chi connectivity index (χ4n) is 2.43. The Morgan fingerprint density at radius 3 is 2.42 bits per heavy atom. The van der Waals surface area contributed by atoms with E-state index in [2.05, 4.69) is 5.32 Å². The molecule has 0 bridgehead atoms. The zero-order chi connectivity index (χ0) is 17.5. The number of hydrogen-bond donors (Lipinski definition) is 1. The predicted molar refractivity (Wildman–Crippen MR) is 92.9 cm³/mol. The first-order valence-electron chi connectivity index (χ1n) is 8.03. The molecule has 0 fully saturated rings. The molecule has 2 rings (SSSR count). The number of rotatable bonds is 8. The topological polar surface area (TPSA) is 62.6 Å². The lowest BCUT2D eigenvalue weighted by molar-refractivity contribution is -0.121. The molecule has 0 saturated heterocycles. The largest absolute Gasteiger partial charge is 0.468 e. The number of aryl methyl sites for hydroxylation is 1. The van der Waals surface area contributed by atoms with Gasteiger partial charge < -0.3 is 9.73 Å². The number of furan rings is 1. The Kier molecular flexibility index (Phi) is 6.32. The summed E-state index contributed by atoms with van der Waals surface area (Å²) >= 11 is 0. The number of nitrogens with zero attached hydrogens (tertiary/aromatic N) is 1. The van der Waals surface area contributed by atoms with E-state index in [1.807, 2.05) is 50.2 Å². The van der Waals surface area contributed by atoms with E-state index in [9.17, 15) is 9.59 Å². The minimum atomic E-state index is -0.131. The van der Waals surface area contributed by atoms with Crippen LogP contribution in [0.5, 0.6) is 0 Å². The number of amides is 1.